The number of hydrogen-bond donors (Lipinski definition) is 2. The largest absolute Gasteiger partial charge is 0.497 e. The van der Waals surface area contributed by atoms with Crippen molar-refractivity contribution in [3.63, 3.8) is 0 Å². The van der Waals surface area contributed by atoms with Crippen molar-refractivity contribution in [3.8, 4) is 5.75 Å². The van der Waals surface area contributed by atoms with E-state index in [9.17, 15) is 13.2 Å². The maximum atomic E-state index is 12.9. The van der Waals surface area contributed by atoms with E-state index < -0.39 is 22.0 Å². The van der Waals surface area contributed by atoms with Crippen molar-refractivity contribution in [2.45, 2.75) is 30.8 Å². The Labute approximate surface area is 183 Å². The molecule has 0 heterocycles. The minimum Gasteiger partial charge on any atom is -0.497 e. The average molecular weight is 439 g/mol. The van der Waals surface area contributed by atoms with Crippen molar-refractivity contribution >= 4 is 15.9 Å². The summed E-state index contributed by atoms with van der Waals surface area (Å²) in [6.45, 7) is 2.16. The zero-order chi connectivity index (χ0) is 22.3. The molecule has 6 nitrogen and oxygen atoms in total. The van der Waals surface area contributed by atoms with Crippen LogP contribution in [0.2, 0.25) is 0 Å². The van der Waals surface area contributed by atoms with Gasteiger partial charge in [0.05, 0.1) is 12.0 Å². The van der Waals surface area contributed by atoms with Crippen molar-refractivity contribution in [3.05, 3.63) is 95.6 Å². The van der Waals surface area contributed by atoms with E-state index in [4.69, 9.17) is 4.74 Å². The van der Waals surface area contributed by atoms with Crippen molar-refractivity contribution in [1.29, 1.82) is 0 Å². The molecule has 0 aromatic heterocycles. The Morgan fingerprint density at radius 1 is 0.903 bits per heavy atom. The third kappa shape index (κ3) is 6.41. The summed E-state index contributed by atoms with van der Waals surface area (Å²) < 4.78 is 33.5. The summed E-state index contributed by atoms with van der Waals surface area (Å²) in [4.78, 5) is 13.1. The van der Waals surface area contributed by atoms with Crippen LogP contribution >= 0.6 is 0 Å². The summed E-state index contributed by atoms with van der Waals surface area (Å²) >= 11 is 0. The van der Waals surface area contributed by atoms with Gasteiger partial charge in [0.2, 0.25) is 15.9 Å². The summed E-state index contributed by atoms with van der Waals surface area (Å²) in [5, 5.41) is 2.83. The lowest BCUT2D eigenvalue weighted by Crippen LogP contribution is -2.47. The first-order chi connectivity index (χ1) is 14.9. The van der Waals surface area contributed by atoms with Crippen LogP contribution in [0.5, 0.6) is 5.75 Å². The second-order valence-electron chi connectivity index (χ2n) is 7.24. The SMILES string of the molecule is COc1ccc(CNC(=O)[C@@H](Cc2ccccc2)NS(=O)(=O)c2ccc(C)cc2)cc1. The summed E-state index contributed by atoms with van der Waals surface area (Å²) in [5.74, 6) is 0.332. The van der Waals surface area contributed by atoms with E-state index in [0.29, 0.717) is 0 Å². The highest BCUT2D eigenvalue weighted by atomic mass is 32.2. The third-order valence-electron chi connectivity index (χ3n) is 4.85. The molecule has 1 atom stereocenters. The molecule has 0 unspecified atom stereocenters. The lowest BCUT2D eigenvalue weighted by atomic mass is 10.1. The Hall–Kier alpha value is -3.16. The summed E-state index contributed by atoms with van der Waals surface area (Å²) in [6, 6.07) is 22.2. The molecule has 0 radical (unpaired) electrons. The zero-order valence-corrected chi connectivity index (χ0v) is 18.4. The van der Waals surface area contributed by atoms with Crippen molar-refractivity contribution in [2.75, 3.05) is 7.11 Å². The molecule has 0 aliphatic carbocycles. The van der Waals surface area contributed by atoms with Gasteiger partial charge in [-0.3, -0.25) is 4.79 Å². The number of carbonyl (C=O) groups excluding carboxylic acids is 1. The Bertz CT molecular complexity index is 1100. The van der Waals surface area contributed by atoms with Crippen LogP contribution in [0.25, 0.3) is 0 Å². The molecule has 0 spiro atoms. The van der Waals surface area contributed by atoms with Gasteiger partial charge < -0.3 is 10.1 Å². The number of rotatable bonds is 9. The van der Waals surface area contributed by atoms with Gasteiger partial charge in [-0.1, -0.05) is 60.2 Å². The molecule has 2 N–H and O–H groups in total. The first kappa shape index (κ1) is 22.5. The molecular formula is C24H26N2O4S. The van der Waals surface area contributed by atoms with Crippen LogP contribution in [-0.4, -0.2) is 27.5 Å². The lowest BCUT2D eigenvalue weighted by molar-refractivity contribution is -0.122. The van der Waals surface area contributed by atoms with E-state index in [1.54, 1.807) is 19.2 Å². The van der Waals surface area contributed by atoms with Gasteiger partial charge in [0.1, 0.15) is 11.8 Å². The van der Waals surface area contributed by atoms with Crippen LogP contribution in [0.3, 0.4) is 0 Å². The van der Waals surface area contributed by atoms with E-state index in [2.05, 4.69) is 10.0 Å². The van der Waals surface area contributed by atoms with E-state index >= 15 is 0 Å². The van der Waals surface area contributed by atoms with Crippen molar-refractivity contribution in [2.24, 2.45) is 0 Å². The zero-order valence-electron chi connectivity index (χ0n) is 17.5. The Morgan fingerprint density at radius 2 is 1.55 bits per heavy atom. The van der Waals surface area contributed by atoms with Gasteiger partial charge in [-0.05, 0) is 48.7 Å². The van der Waals surface area contributed by atoms with Crippen LogP contribution in [0.15, 0.2) is 83.8 Å². The second kappa shape index (κ2) is 10.2. The molecule has 0 saturated carbocycles. The number of carbonyl (C=O) groups is 1. The van der Waals surface area contributed by atoms with Gasteiger partial charge in [-0.25, -0.2) is 8.42 Å². The highest BCUT2D eigenvalue weighted by Crippen LogP contribution is 2.14. The second-order valence-corrected chi connectivity index (χ2v) is 8.96. The van der Waals surface area contributed by atoms with Gasteiger partial charge in [0.15, 0.2) is 0 Å². The van der Waals surface area contributed by atoms with E-state index in [1.807, 2.05) is 61.5 Å². The summed E-state index contributed by atoms with van der Waals surface area (Å²) in [6.07, 6.45) is 0.236. The third-order valence-corrected chi connectivity index (χ3v) is 6.34. The first-order valence-electron chi connectivity index (χ1n) is 9.91. The Morgan fingerprint density at radius 3 is 2.16 bits per heavy atom. The molecule has 1 amide bonds. The van der Waals surface area contributed by atoms with Gasteiger partial charge in [0, 0.05) is 6.54 Å². The van der Waals surface area contributed by atoms with E-state index in [0.717, 1.165) is 22.4 Å². The summed E-state index contributed by atoms with van der Waals surface area (Å²) in [7, 11) is -2.27. The number of sulfonamides is 1. The average Bonchev–Trinajstić information content (AvgIpc) is 2.78. The number of benzene rings is 3. The maximum absolute atomic E-state index is 12.9. The van der Waals surface area contributed by atoms with Gasteiger partial charge in [-0.15, -0.1) is 0 Å². The normalized spacial score (nSPS) is 12.2. The molecule has 7 heteroatoms. The highest BCUT2D eigenvalue weighted by molar-refractivity contribution is 7.89. The fourth-order valence-corrected chi connectivity index (χ4v) is 4.26. The van der Waals surface area contributed by atoms with Crippen molar-refractivity contribution in [1.82, 2.24) is 10.0 Å². The number of methoxy groups -OCH3 is 1. The van der Waals surface area contributed by atoms with Crippen LogP contribution in [-0.2, 0) is 27.8 Å². The predicted molar refractivity (Wildman–Crippen MR) is 120 cm³/mol. The van der Waals surface area contributed by atoms with E-state index in [-0.39, 0.29) is 17.9 Å². The van der Waals surface area contributed by atoms with Crippen LogP contribution in [0.1, 0.15) is 16.7 Å². The number of ether oxygens (including phenoxy) is 1. The number of hydrogen-bond acceptors (Lipinski definition) is 4. The predicted octanol–water partition coefficient (Wildman–Crippen LogP) is 3.21. The molecule has 0 aliphatic rings. The molecule has 0 fully saturated rings. The first-order valence-corrected chi connectivity index (χ1v) is 11.4. The van der Waals surface area contributed by atoms with Crippen LogP contribution in [0.4, 0.5) is 0 Å². The number of nitrogens with one attached hydrogen (secondary N) is 2. The van der Waals surface area contributed by atoms with Crippen LogP contribution in [0, 0.1) is 6.92 Å². The Kier molecular flexibility index (Phi) is 7.44. The topological polar surface area (TPSA) is 84.5 Å². The molecule has 0 aliphatic heterocycles. The monoisotopic (exact) mass is 438 g/mol. The summed E-state index contributed by atoms with van der Waals surface area (Å²) in [5.41, 5.74) is 2.70. The van der Waals surface area contributed by atoms with Gasteiger partial charge >= 0.3 is 0 Å². The smallest absolute Gasteiger partial charge is 0.241 e. The number of aryl methyl sites for hydroxylation is 1. The molecule has 162 valence electrons. The molecule has 3 aromatic rings. The standard InChI is InChI=1S/C24H26N2O4S/c1-18-8-14-22(15-9-18)31(28,29)26-23(16-19-6-4-3-5-7-19)24(27)25-17-20-10-12-21(30-2)13-11-20/h3-15,23,26H,16-17H2,1-2H3,(H,25,27)/t23-/m1/s1. The van der Waals surface area contributed by atoms with Gasteiger partial charge in [0.25, 0.3) is 0 Å². The molecule has 31 heavy (non-hydrogen) atoms. The molecule has 3 rings (SSSR count). The van der Waals surface area contributed by atoms with Crippen molar-refractivity contribution < 1.29 is 17.9 Å². The molecule has 3 aromatic carbocycles. The minimum absolute atomic E-state index is 0.124. The number of amides is 1. The fourth-order valence-electron chi connectivity index (χ4n) is 3.07. The quantitative estimate of drug-likeness (QED) is 0.537. The Balaban J connectivity index is 1.76. The fraction of sp³-hybridized carbons (Fsp3) is 0.208. The molecule has 0 bridgehead atoms. The lowest BCUT2D eigenvalue weighted by Gasteiger charge is -2.19. The molecule has 0 saturated heterocycles. The maximum Gasteiger partial charge on any atom is 0.241 e. The highest BCUT2D eigenvalue weighted by Gasteiger charge is 2.26. The molecular weight excluding hydrogens is 412 g/mol. The van der Waals surface area contributed by atoms with Crippen LogP contribution < -0.4 is 14.8 Å². The van der Waals surface area contributed by atoms with Gasteiger partial charge in [-0.2, -0.15) is 4.72 Å². The van der Waals surface area contributed by atoms with E-state index in [1.165, 1.54) is 12.1 Å². The minimum atomic E-state index is -3.86.